The lowest BCUT2D eigenvalue weighted by Gasteiger charge is -2.06. The molecule has 0 fully saturated rings. The highest BCUT2D eigenvalue weighted by molar-refractivity contribution is 14.1. The molecule has 0 aliphatic rings. The SMILES string of the molecule is O=C(Nc1ccc(I)cn1)c1ccc(-c2ccccc2)cc1. The summed E-state index contributed by atoms with van der Waals surface area (Å²) in [5, 5.41) is 2.79. The maximum Gasteiger partial charge on any atom is 0.256 e. The van der Waals surface area contributed by atoms with Gasteiger partial charge in [-0.1, -0.05) is 42.5 Å². The highest BCUT2D eigenvalue weighted by Crippen LogP contribution is 2.19. The molecule has 1 aromatic heterocycles. The predicted octanol–water partition coefficient (Wildman–Crippen LogP) is 4.61. The summed E-state index contributed by atoms with van der Waals surface area (Å²) in [5.74, 6) is 0.394. The smallest absolute Gasteiger partial charge is 0.256 e. The summed E-state index contributed by atoms with van der Waals surface area (Å²) in [7, 11) is 0. The number of nitrogens with one attached hydrogen (secondary N) is 1. The van der Waals surface area contributed by atoms with Crippen molar-refractivity contribution in [2.75, 3.05) is 5.32 Å². The van der Waals surface area contributed by atoms with Crippen LogP contribution in [0, 0.1) is 3.57 Å². The molecule has 3 rings (SSSR count). The Morgan fingerprint density at radius 1 is 0.864 bits per heavy atom. The van der Waals surface area contributed by atoms with Gasteiger partial charge in [-0.05, 0) is 58.0 Å². The van der Waals surface area contributed by atoms with Crippen molar-refractivity contribution in [3.05, 3.63) is 82.1 Å². The topological polar surface area (TPSA) is 42.0 Å². The minimum Gasteiger partial charge on any atom is -0.307 e. The highest BCUT2D eigenvalue weighted by Gasteiger charge is 2.07. The fourth-order valence-electron chi connectivity index (χ4n) is 2.08. The van der Waals surface area contributed by atoms with E-state index in [0.29, 0.717) is 11.4 Å². The molecule has 0 radical (unpaired) electrons. The second-order valence-corrected chi connectivity index (χ2v) is 6.00. The molecule has 0 unspecified atom stereocenters. The Balaban J connectivity index is 1.75. The summed E-state index contributed by atoms with van der Waals surface area (Å²) >= 11 is 2.18. The normalized spacial score (nSPS) is 10.2. The molecular weight excluding hydrogens is 387 g/mol. The number of amides is 1. The van der Waals surface area contributed by atoms with Crippen molar-refractivity contribution in [1.82, 2.24) is 4.98 Å². The summed E-state index contributed by atoms with van der Waals surface area (Å²) in [5.41, 5.74) is 2.83. The first kappa shape index (κ1) is 14.7. The number of anilines is 1. The van der Waals surface area contributed by atoms with Gasteiger partial charge in [0.25, 0.3) is 5.91 Å². The van der Waals surface area contributed by atoms with E-state index >= 15 is 0 Å². The van der Waals surface area contributed by atoms with Crippen molar-refractivity contribution in [3.63, 3.8) is 0 Å². The molecule has 0 atom stereocenters. The molecular formula is C18H13IN2O. The first-order valence-corrected chi connectivity index (χ1v) is 7.89. The van der Waals surface area contributed by atoms with E-state index in [1.807, 2.05) is 60.7 Å². The number of carbonyl (C=O) groups is 1. The summed E-state index contributed by atoms with van der Waals surface area (Å²) in [6.07, 6.45) is 1.72. The number of pyridine rings is 1. The van der Waals surface area contributed by atoms with Gasteiger partial charge in [-0.15, -0.1) is 0 Å². The molecule has 4 heteroatoms. The Labute approximate surface area is 142 Å². The molecule has 108 valence electrons. The first-order valence-electron chi connectivity index (χ1n) is 6.81. The van der Waals surface area contributed by atoms with Gasteiger partial charge in [0.05, 0.1) is 0 Å². The molecule has 0 saturated heterocycles. The Morgan fingerprint density at radius 3 is 2.18 bits per heavy atom. The van der Waals surface area contributed by atoms with Crippen molar-refractivity contribution in [1.29, 1.82) is 0 Å². The first-order chi connectivity index (χ1) is 10.7. The maximum absolute atomic E-state index is 12.2. The third-order valence-corrected chi connectivity index (χ3v) is 3.86. The van der Waals surface area contributed by atoms with E-state index in [2.05, 4.69) is 32.9 Å². The van der Waals surface area contributed by atoms with E-state index in [1.54, 1.807) is 12.3 Å². The molecule has 1 N–H and O–H groups in total. The number of halogens is 1. The Hall–Kier alpha value is -2.21. The van der Waals surface area contributed by atoms with Crippen molar-refractivity contribution >= 4 is 34.3 Å². The lowest BCUT2D eigenvalue weighted by atomic mass is 10.0. The van der Waals surface area contributed by atoms with Gasteiger partial charge in [-0.25, -0.2) is 4.98 Å². The number of hydrogen-bond acceptors (Lipinski definition) is 2. The zero-order chi connectivity index (χ0) is 15.4. The average molecular weight is 400 g/mol. The zero-order valence-corrected chi connectivity index (χ0v) is 13.8. The van der Waals surface area contributed by atoms with Crippen molar-refractivity contribution in [2.24, 2.45) is 0 Å². The third kappa shape index (κ3) is 3.51. The van der Waals surface area contributed by atoms with Crippen LogP contribution in [0.25, 0.3) is 11.1 Å². The van der Waals surface area contributed by atoms with E-state index in [1.165, 1.54) is 0 Å². The van der Waals surface area contributed by atoms with Gasteiger partial charge in [0.2, 0.25) is 0 Å². The second kappa shape index (κ2) is 6.70. The summed E-state index contributed by atoms with van der Waals surface area (Å²) < 4.78 is 1.03. The van der Waals surface area contributed by atoms with Crippen molar-refractivity contribution in [3.8, 4) is 11.1 Å². The van der Waals surface area contributed by atoms with Crippen LogP contribution in [0.4, 0.5) is 5.82 Å². The Morgan fingerprint density at radius 2 is 1.55 bits per heavy atom. The number of carbonyl (C=O) groups excluding carboxylic acids is 1. The predicted molar refractivity (Wildman–Crippen MR) is 96.8 cm³/mol. The van der Waals surface area contributed by atoms with Crippen molar-refractivity contribution in [2.45, 2.75) is 0 Å². The zero-order valence-electron chi connectivity index (χ0n) is 11.7. The van der Waals surface area contributed by atoms with Crippen LogP contribution in [0.3, 0.4) is 0 Å². The number of benzene rings is 2. The monoisotopic (exact) mass is 400 g/mol. The molecule has 1 heterocycles. The van der Waals surface area contributed by atoms with Gasteiger partial charge in [0, 0.05) is 15.3 Å². The molecule has 0 spiro atoms. The lowest BCUT2D eigenvalue weighted by Crippen LogP contribution is -2.12. The fraction of sp³-hybridized carbons (Fsp3) is 0. The molecule has 0 bridgehead atoms. The summed E-state index contributed by atoms with van der Waals surface area (Å²) in [4.78, 5) is 16.4. The van der Waals surface area contributed by atoms with Crippen LogP contribution in [0.1, 0.15) is 10.4 Å². The molecule has 0 saturated carbocycles. The van der Waals surface area contributed by atoms with Crippen LogP contribution in [0.5, 0.6) is 0 Å². The van der Waals surface area contributed by atoms with Gasteiger partial charge < -0.3 is 5.32 Å². The molecule has 22 heavy (non-hydrogen) atoms. The molecule has 0 aliphatic carbocycles. The van der Waals surface area contributed by atoms with E-state index in [0.717, 1.165) is 14.7 Å². The third-order valence-electron chi connectivity index (χ3n) is 3.22. The molecule has 2 aromatic carbocycles. The quantitative estimate of drug-likeness (QED) is 0.653. The average Bonchev–Trinajstić information content (AvgIpc) is 2.58. The van der Waals surface area contributed by atoms with Crippen LogP contribution in [-0.2, 0) is 0 Å². The Kier molecular flexibility index (Phi) is 4.48. The Bertz CT molecular complexity index is 768. The van der Waals surface area contributed by atoms with Gasteiger partial charge in [-0.3, -0.25) is 4.79 Å². The fourth-order valence-corrected chi connectivity index (χ4v) is 2.40. The highest BCUT2D eigenvalue weighted by atomic mass is 127. The largest absolute Gasteiger partial charge is 0.307 e. The summed E-state index contributed by atoms with van der Waals surface area (Å²) in [6.45, 7) is 0. The molecule has 0 aliphatic heterocycles. The lowest BCUT2D eigenvalue weighted by molar-refractivity contribution is 0.102. The maximum atomic E-state index is 12.2. The van der Waals surface area contributed by atoms with Crippen LogP contribution >= 0.6 is 22.6 Å². The van der Waals surface area contributed by atoms with Crippen LogP contribution in [0.15, 0.2) is 72.9 Å². The van der Waals surface area contributed by atoms with Gasteiger partial charge in [0.1, 0.15) is 5.82 Å². The summed E-state index contributed by atoms with van der Waals surface area (Å²) in [6, 6.07) is 21.3. The minimum absolute atomic E-state index is 0.159. The van der Waals surface area contributed by atoms with E-state index in [-0.39, 0.29) is 5.91 Å². The number of aromatic nitrogens is 1. The van der Waals surface area contributed by atoms with Gasteiger partial charge in [0.15, 0.2) is 0 Å². The van der Waals surface area contributed by atoms with Crippen LogP contribution in [0.2, 0.25) is 0 Å². The number of hydrogen-bond donors (Lipinski definition) is 1. The molecule has 1 amide bonds. The van der Waals surface area contributed by atoms with Crippen LogP contribution in [-0.4, -0.2) is 10.9 Å². The van der Waals surface area contributed by atoms with E-state index < -0.39 is 0 Å². The second-order valence-electron chi connectivity index (χ2n) is 4.76. The van der Waals surface area contributed by atoms with Gasteiger partial charge in [-0.2, -0.15) is 0 Å². The van der Waals surface area contributed by atoms with E-state index in [9.17, 15) is 4.79 Å². The molecule has 3 aromatic rings. The number of nitrogens with zero attached hydrogens (tertiary/aromatic N) is 1. The van der Waals surface area contributed by atoms with Crippen molar-refractivity contribution < 1.29 is 4.79 Å². The standard InChI is InChI=1S/C18H13IN2O/c19-16-10-11-17(20-12-16)21-18(22)15-8-6-14(7-9-15)13-4-2-1-3-5-13/h1-12H,(H,20,21,22). The minimum atomic E-state index is -0.159. The number of rotatable bonds is 3. The van der Waals surface area contributed by atoms with Gasteiger partial charge >= 0.3 is 0 Å². The van der Waals surface area contributed by atoms with E-state index in [4.69, 9.17) is 0 Å². The van der Waals surface area contributed by atoms with Crippen LogP contribution < -0.4 is 5.32 Å². The molecule has 3 nitrogen and oxygen atoms in total.